The van der Waals surface area contributed by atoms with E-state index in [0.29, 0.717) is 52.5 Å². The molecule has 6 N–H and O–H groups in total. The van der Waals surface area contributed by atoms with Crippen LogP contribution in [0.3, 0.4) is 0 Å². The van der Waals surface area contributed by atoms with E-state index < -0.39 is 40.8 Å². The number of phenols is 1. The van der Waals surface area contributed by atoms with Crippen LogP contribution in [0.2, 0.25) is 0 Å². The minimum Gasteiger partial charge on any atom is -0.502 e. The van der Waals surface area contributed by atoms with Crippen LogP contribution in [-0.4, -0.2) is 89.0 Å². The molecule has 4 fully saturated rings. The lowest BCUT2D eigenvalue weighted by Crippen LogP contribution is -2.68. The molecule has 6 aliphatic carbocycles. The Kier molecular flexibility index (Phi) is 13.4. The van der Waals surface area contributed by atoms with E-state index in [1.165, 1.54) is 19.3 Å². The summed E-state index contributed by atoms with van der Waals surface area (Å²) in [5.41, 5.74) is 6.56. The fourth-order valence-electron chi connectivity index (χ4n) is 17.7. The molecule has 0 radical (unpaired) electrons. The molecule has 2 amide bonds. The number of hydrogen-bond acceptors (Lipinski definition) is 13. The molecule has 3 aliphatic heterocycles. The number of nitrogens with one attached hydrogen (secondary N) is 2. The molecule has 418 valence electrons. The highest BCUT2D eigenvalue weighted by Gasteiger charge is 2.67. The summed E-state index contributed by atoms with van der Waals surface area (Å²) < 4.78 is 32.5. The fourth-order valence-corrected chi connectivity index (χ4v) is 17.7. The van der Waals surface area contributed by atoms with Crippen LogP contribution >= 0.6 is 0 Å². The van der Waals surface area contributed by atoms with Gasteiger partial charge in [0, 0.05) is 82.3 Å². The summed E-state index contributed by atoms with van der Waals surface area (Å²) in [4.78, 5) is 29.8. The van der Waals surface area contributed by atoms with Gasteiger partial charge < -0.3 is 49.4 Å². The third kappa shape index (κ3) is 8.06. The van der Waals surface area contributed by atoms with Crippen molar-refractivity contribution in [2.75, 3.05) is 45.9 Å². The largest absolute Gasteiger partial charge is 0.502 e. The number of methoxy groups -OCH3 is 2. The Morgan fingerprint density at radius 2 is 1.47 bits per heavy atom. The molecule has 9 aliphatic rings. The van der Waals surface area contributed by atoms with Crippen LogP contribution in [0.15, 0.2) is 66.8 Å². The summed E-state index contributed by atoms with van der Waals surface area (Å²) in [6.07, 6.45) is 21.9. The molecule has 14 heteroatoms. The standard InChI is InChI=1S/C65H77N3O11/c1-4-66-64(27-11-6-12-28-64)79-49-34-47(75-2)41-18-19-42-54-46(67-61(74)57(49)56(41)54)33-48-55(42)58(72)43(37-78-48)39-31-50(76-3)59(73)51(32-39)77-36-40(35-69)65-30-29-62(23-13-14-24-62)60(45(65)20-17-38-15-7-8-16-44(38)65)63(25-9-5-10-26-63)68-52(70)21-22-53(68)71/h7-8,15-17,20-22,31-34,40,43,45,58,60-61,66-67,69,72-74H,4-6,9-14,18-19,23-30,35-37H2,1-3H3/t40-,43-,45-,58-,60-,61+,65+/m0/s1. The van der Waals surface area contributed by atoms with Gasteiger partial charge in [0.2, 0.25) is 5.75 Å². The number of benzene rings is 4. The predicted octanol–water partition coefficient (Wildman–Crippen LogP) is 10.6. The molecule has 0 bridgehead atoms. The van der Waals surface area contributed by atoms with Crippen molar-refractivity contribution in [1.29, 1.82) is 0 Å². The molecule has 0 saturated heterocycles. The van der Waals surface area contributed by atoms with Gasteiger partial charge in [-0.25, -0.2) is 0 Å². The Labute approximate surface area is 463 Å². The summed E-state index contributed by atoms with van der Waals surface area (Å²) >= 11 is 0. The highest BCUT2D eigenvalue weighted by molar-refractivity contribution is 6.13. The Morgan fingerprint density at radius 3 is 2.19 bits per heavy atom. The number of rotatable bonds is 14. The van der Waals surface area contributed by atoms with Crippen LogP contribution in [0.5, 0.6) is 34.5 Å². The van der Waals surface area contributed by atoms with Crippen molar-refractivity contribution in [3.8, 4) is 45.6 Å². The number of carbonyl (C=O) groups is 2. The first-order valence-electron chi connectivity index (χ1n) is 29.6. The molecule has 1 spiro atoms. The lowest BCUT2D eigenvalue weighted by atomic mass is 9.41. The van der Waals surface area contributed by atoms with Crippen LogP contribution in [0.25, 0.3) is 17.2 Å². The summed E-state index contributed by atoms with van der Waals surface area (Å²) in [5, 5.41) is 55.8. The van der Waals surface area contributed by atoms with Crippen molar-refractivity contribution in [2.45, 2.75) is 157 Å². The molecule has 3 heterocycles. The van der Waals surface area contributed by atoms with E-state index in [2.05, 4.69) is 54.0 Å². The maximum absolute atomic E-state index is 14.1. The average molecular weight is 1080 g/mol. The first kappa shape index (κ1) is 52.3. The highest BCUT2D eigenvalue weighted by Crippen LogP contribution is 2.69. The lowest BCUT2D eigenvalue weighted by Gasteiger charge is -2.65. The van der Waals surface area contributed by atoms with E-state index in [1.54, 1.807) is 24.1 Å². The van der Waals surface area contributed by atoms with Gasteiger partial charge in [-0.15, -0.1) is 0 Å². The second-order valence-corrected chi connectivity index (χ2v) is 24.5. The van der Waals surface area contributed by atoms with Crippen molar-refractivity contribution < 1.29 is 53.7 Å². The van der Waals surface area contributed by atoms with Gasteiger partial charge in [-0.05, 0) is 122 Å². The topological polar surface area (TPSA) is 189 Å². The molecule has 13 rings (SSSR count). The maximum atomic E-state index is 14.1. The zero-order chi connectivity index (χ0) is 54.4. The first-order chi connectivity index (χ1) is 38.4. The van der Waals surface area contributed by atoms with Crippen LogP contribution in [0.4, 0.5) is 5.69 Å². The van der Waals surface area contributed by atoms with E-state index in [-0.39, 0.29) is 66.1 Å². The van der Waals surface area contributed by atoms with Crippen LogP contribution in [-0.2, 0) is 27.8 Å². The van der Waals surface area contributed by atoms with Gasteiger partial charge in [0.05, 0.1) is 51.2 Å². The van der Waals surface area contributed by atoms with Crippen molar-refractivity contribution >= 4 is 23.6 Å². The number of aromatic hydroxyl groups is 1. The number of allylic oxidation sites excluding steroid dienone is 1. The molecule has 79 heavy (non-hydrogen) atoms. The van der Waals surface area contributed by atoms with Crippen LogP contribution in [0.1, 0.15) is 167 Å². The van der Waals surface area contributed by atoms with Gasteiger partial charge in [-0.3, -0.25) is 19.8 Å². The monoisotopic (exact) mass is 1080 g/mol. The normalized spacial score (nSPS) is 27.7. The number of ether oxygens (including phenoxy) is 5. The third-order valence-electron chi connectivity index (χ3n) is 20.9. The molecule has 4 saturated carbocycles. The zero-order valence-corrected chi connectivity index (χ0v) is 46.0. The molecule has 14 nitrogen and oxygen atoms in total. The first-order valence-corrected chi connectivity index (χ1v) is 29.6. The molecular weight excluding hydrogens is 999 g/mol. The van der Waals surface area contributed by atoms with Gasteiger partial charge in [0.1, 0.15) is 17.2 Å². The van der Waals surface area contributed by atoms with E-state index in [4.69, 9.17) is 23.7 Å². The number of anilines is 1. The van der Waals surface area contributed by atoms with E-state index in [1.807, 2.05) is 12.1 Å². The van der Waals surface area contributed by atoms with Gasteiger partial charge in [0.15, 0.2) is 23.5 Å². The quantitative estimate of drug-likeness (QED) is 0.0518. The molecular formula is C65H77N3O11. The molecule has 7 atom stereocenters. The number of fused-ring (bicyclic) bond motifs is 5. The summed E-state index contributed by atoms with van der Waals surface area (Å²) in [5.74, 6) is 0.240. The Morgan fingerprint density at radius 1 is 0.772 bits per heavy atom. The lowest BCUT2D eigenvalue weighted by molar-refractivity contribution is -0.164. The maximum Gasteiger partial charge on any atom is 0.254 e. The van der Waals surface area contributed by atoms with Gasteiger partial charge in [-0.2, -0.15) is 0 Å². The minimum atomic E-state index is -1.07. The number of phenolic OH excluding ortho intramolecular Hbond substituents is 1. The zero-order valence-electron chi connectivity index (χ0n) is 46.0. The second kappa shape index (κ2) is 20.2. The van der Waals surface area contributed by atoms with Crippen LogP contribution < -0.4 is 34.3 Å². The smallest absolute Gasteiger partial charge is 0.254 e. The number of aliphatic hydroxyl groups is 3. The Bertz CT molecular complexity index is 3110. The van der Waals surface area contributed by atoms with E-state index >= 15 is 0 Å². The second-order valence-electron chi connectivity index (χ2n) is 24.5. The average Bonchev–Trinajstić information content (AvgIpc) is 3.59. The van der Waals surface area contributed by atoms with Crippen molar-refractivity contribution in [1.82, 2.24) is 10.2 Å². The van der Waals surface area contributed by atoms with E-state index in [0.717, 1.165) is 143 Å². The molecule has 0 unspecified atom stereocenters. The van der Waals surface area contributed by atoms with Crippen molar-refractivity contribution in [3.63, 3.8) is 0 Å². The number of imide groups is 1. The number of hydrogen-bond donors (Lipinski definition) is 6. The molecule has 0 aromatic heterocycles. The Balaban J connectivity index is 0.857. The van der Waals surface area contributed by atoms with Gasteiger partial charge in [-0.1, -0.05) is 81.9 Å². The van der Waals surface area contributed by atoms with Gasteiger partial charge in [0.25, 0.3) is 11.8 Å². The Hall–Kier alpha value is -6.06. The van der Waals surface area contributed by atoms with Crippen LogP contribution in [0, 0.1) is 23.2 Å². The third-order valence-corrected chi connectivity index (χ3v) is 20.9. The van der Waals surface area contributed by atoms with Gasteiger partial charge >= 0.3 is 0 Å². The highest BCUT2D eigenvalue weighted by atomic mass is 16.5. The SMILES string of the molecule is CCNC1(Oc2cc(OC)c3c4c2[C@@H](O)Nc2cc5c(c(c2-4)CC3)[C@@H](O)[C@H](c2cc(OC)c(O)c(OC[C@H](CO)[C@@]34CCC6(CCCC6)[C@@H](C6(N7C(=O)C=CC7=O)CCCCC6)[C@@H]3C=Cc3ccccc34)c2)CO5)CCCCC1. The van der Waals surface area contributed by atoms with Crippen molar-refractivity contribution in [3.05, 3.63) is 106 Å². The fraction of sp³-hybridized carbons (Fsp3) is 0.538. The van der Waals surface area contributed by atoms with Crippen molar-refractivity contribution in [2.24, 2.45) is 23.2 Å². The molecule has 4 aromatic carbocycles. The number of aliphatic hydroxyl groups excluding tert-OH is 3. The summed E-state index contributed by atoms with van der Waals surface area (Å²) in [6, 6.07) is 15.8. The summed E-state index contributed by atoms with van der Waals surface area (Å²) in [7, 11) is 3.17. The number of nitrogens with zero attached hydrogens (tertiary/aromatic N) is 1. The predicted molar refractivity (Wildman–Crippen MR) is 300 cm³/mol. The van der Waals surface area contributed by atoms with E-state index in [9.17, 15) is 30.0 Å². The minimum absolute atomic E-state index is 0.0411. The molecule has 4 aromatic rings. The number of carbonyl (C=O) groups excluding carboxylic acids is 2. The number of amides is 2. The summed E-state index contributed by atoms with van der Waals surface area (Å²) in [6.45, 7) is 2.77.